The number of urea groups is 1. The molecule has 2 fully saturated rings. The quantitative estimate of drug-likeness (QED) is 0.909. The first-order valence-electron chi connectivity index (χ1n) is 9.45. The Balaban J connectivity index is 1.67. The highest BCUT2D eigenvalue weighted by atomic mass is 16.5. The van der Waals surface area contributed by atoms with Gasteiger partial charge in [0.05, 0.1) is 18.2 Å². The molecule has 3 rings (SSSR count). The van der Waals surface area contributed by atoms with Crippen molar-refractivity contribution < 1.29 is 14.3 Å². The molecule has 0 aromatic heterocycles. The number of benzene rings is 1. The predicted octanol–water partition coefficient (Wildman–Crippen LogP) is 3.36. The molecule has 0 unspecified atom stereocenters. The summed E-state index contributed by atoms with van der Waals surface area (Å²) >= 11 is 0. The largest absolute Gasteiger partial charge is 0.381 e. The molecule has 2 aliphatic rings. The normalized spacial score (nSPS) is 26.2. The zero-order valence-corrected chi connectivity index (χ0v) is 15.3. The lowest BCUT2D eigenvalue weighted by atomic mass is 9.89. The van der Waals surface area contributed by atoms with E-state index >= 15 is 0 Å². The minimum absolute atomic E-state index is 0.0166. The minimum atomic E-state index is 0.0166. The Labute approximate surface area is 150 Å². The van der Waals surface area contributed by atoms with Crippen LogP contribution in [0.4, 0.5) is 4.79 Å². The van der Waals surface area contributed by atoms with Crippen LogP contribution in [0.2, 0.25) is 0 Å². The van der Waals surface area contributed by atoms with E-state index < -0.39 is 0 Å². The summed E-state index contributed by atoms with van der Waals surface area (Å²) in [4.78, 5) is 14.7. The maximum Gasteiger partial charge on any atom is 0.318 e. The Bertz CT molecular complexity index is 535. The molecule has 0 radical (unpaired) electrons. The molecule has 138 valence electrons. The molecule has 2 heterocycles. The van der Waals surface area contributed by atoms with Crippen LogP contribution in [0.1, 0.15) is 44.7 Å². The molecule has 2 amide bonds. The smallest absolute Gasteiger partial charge is 0.318 e. The van der Waals surface area contributed by atoms with Gasteiger partial charge in [-0.25, -0.2) is 4.79 Å². The molecule has 1 aromatic rings. The molecule has 5 nitrogen and oxygen atoms in total. The van der Waals surface area contributed by atoms with Gasteiger partial charge in [-0.05, 0) is 44.6 Å². The summed E-state index contributed by atoms with van der Waals surface area (Å²) in [5, 5.41) is 3.28. The fraction of sp³-hybridized carbons (Fsp3) is 0.650. The number of carbonyl (C=O) groups excluding carboxylic acids is 1. The third-order valence-electron chi connectivity index (χ3n) is 5.12. The summed E-state index contributed by atoms with van der Waals surface area (Å²) in [6.07, 6.45) is 3.28. The van der Waals surface area contributed by atoms with E-state index in [0.717, 1.165) is 32.5 Å². The molecule has 1 aromatic carbocycles. The van der Waals surface area contributed by atoms with Crippen molar-refractivity contribution in [3.05, 3.63) is 35.9 Å². The van der Waals surface area contributed by atoms with Gasteiger partial charge in [-0.1, -0.05) is 30.3 Å². The molecule has 2 aliphatic heterocycles. The average Bonchev–Trinajstić information content (AvgIpc) is 2.62. The summed E-state index contributed by atoms with van der Waals surface area (Å²) in [6, 6.07) is 10.4. The summed E-state index contributed by atoms with van der Waals surface area (Å²) in [7, 11) is 0. The second-order valence-corrected chi connectivity index (χ2v) is 7.37. The lowest BCUT2D eigenvalue weighted by molar-refractivity contribution is -0.0548. The van der Waals surface area contributed by atoms with Gasteiger partial charge < -0.3 is 19.7 Å². The standard InChI is InChI=1S/C20H30N2O3/c1-15-13-22(14-16(2)25-15)20(23)21-19(18-6-4-3-5-7-18)12-17-8-10-24-11-9-17/h3-7,15-17,19H,8-14H2,1-2H3,(H,21,23)/t15-,16+,19-/m1/s1. The van der Waals surface area contributed by atoms with E-state index in [2.05, 4.69) is 17.4 Å². The lowest BCUT2D eigenvalue weighted by Crippen LogP contribution is -2.52. The van der Waals surface area contributed by atoms with E-state index in [4.69, 9.17) is 9.47 Å². The van der Waals surface area contributed by atoms with Crippen LogP contribution >= 0.6 is 0 Å². The number of carbonyl (C=O) groups is 1. The Kier molecular flexibility index (Phi) is 6.32. The average molecular weight is 346 g/mol. The van der Waals surface area contributed by atoms with E-state index in [1.54, 1.807) is 0 Å². The van der Waals surface area contributed by atoms with Crippen LogP contribution < -0.4 is 5.32 Å². The number of morpholine rings is 1. The summed E-state index contributed by atoms with van der Waals surface area (Å²) in [5.74, 6) is 0.599. The molecule has 0 spiro atoms. The molecule has 0 saturated carbocycles. The van der Waals surface area contributed by atoms with Crippen molar-refractivity contribution in [1.82, 2.24) is 10.2 Å². The number of rotatable bonds is 4. The monoisotopic (exact) mass is 346 g/mol. The van der Waals surface area contributed by atoms with Crippen molar-refractivity contribution in [3.8, 4) is 0 Å². The number of hydrogen-bond donors (Lipinski definition) is 1. The van der Waals surface area contributed by atoms with Gasteiger partial charge >= 0.3 is 6.03 Å². The Morgan fingerprint density at radius 1 is 1.16 bits per heavy atom. The Morgan fingerprint density at radius 3 is 2.44 bits per heavy atom. The molecular weight excluding hydrogens is 316 g/mol. The van der Waals surface area contributed by atoms with Crippen LogP contribution in [0.15, 0.2) is 30.3 Å². The second-order valence-electron chi connectivity index (χ2n) is 7.37. The predicted molar refractivity (Wildman–Crippen MR) is 97.5 cm³/mol. The minimum Gasteiger partial charge on any atom is -0.381 e. The topological polar surface area (TPSA) is 50.8 Å². The SMILES string of the molecule is C[C@@H]1CN(C(=O)N[C@H](CC2CCOCC2)c2ccccc2)C[C@H](C)O1. The third kappa shape index (κ3) is 5.19. The molecule has 2 saturated heterocycles. The molecule has 0 bridgehead atoms. The van der Waals surface area contributed by atoms with Crippen molar-refractivity contribution in [1.29, 1.82) is 0 Å². The number of ether oxygens (including phenoxy) is 2. The van der Waals surface area contributed by atoms with Crippen LogP contribution in [0.3, 0.4) is 0 Å². The fourth-order valence-corrected chi connectivity index (χ4v) is 3.86. The van der Waals surface area contributed by atoms with Crippen LogP contribution in [0.5, 0.6) is 0 Å². The van der Waals surface area contributed by atoms with Gasteiger partial charge in [-0.2, -0.15) is 0 Å². The fourth-order valence-electron chi connectivity index (χ4n) is 3.86. The van der Waals surface area contributed by atoms with Gasteiger partial charge in [0, 0.05) is 26.3 Å². The maximum atomic E-state index is 12.8. The van der Waals surface area contributed by atoms with Crippen molar-refractivity contribution >= 4 is 6.03 Å². The van der Waals surface area contributed by atoms with E-state index in [0.29, 0.717) is 19.0 Å². The third-order valence-corrected chi connectivity index (χ3v) is 5.12. The summed E-state index contributed by atoms with van der Waals surface area (Å²) < 4.78 is 11.2. The second kappa shape index (κ2) is 8.68. The van der Waals surface area contributed by atoms with Gasteiger partial charge in [0.2, 0.25) is 0 Å². The number of nitrogens with zero attached hydrogens (tertiary/aromatic N) is 1. The maximum absolute atomic E-state index is 12.8. The van der Waals surface area contributed by atoms with Gasteiger partial charge in [-0.15, -0.1) is 0 Å². The first-order valence-corrected chi connectivity index (χ1v) is 9.45. The van der Waals surface area contributed by atoms with E-state index in [1.165, 1.54) is 5.56 Å². The summed E-state index contributed by atoms with van der Waals surface area (Å²) in [6.45, 7) is 7.00. The Morgan fingerprint density at radius 2 is 1.80 bits per heavy atom. The Hall–Kier alpha value is -1.59. The van der Waals surface area contributed by atoms with Crippen LogP contribution in [0, 0.1) is 5.92 Å². The molecule has 3 atom stereocenters. The molecule has 5 heteroatoms. The van der Waals surface area contributed by atoms with Crippen LogP contribution in [-0.4, -0.2) is 49.4 Å². The van der Waals surface area contributed by atoms with Gasteiger partial charge in [0.25, 0.3) is 0 Å². The molecule has 0 aliphatic carbocycles. The van der Waals surface area contributed by atoms with Crippen molar-refractivity contribution in [3.63, 3.8) is 0 Å². The first kappa shape index (κ1) is 18.2. The van der Waals surface area contributed by atoms with Crippen molar-refractivity contribution in [2.24, 2.45) is 5.92 Å². The van der Waals surface area contributed by atoms with E-state index in [9.17, 15) is 4.79 Å². The van der Waals surface area contributed by atoms with Crippen molar-refractivity contribution in [2.75, 3.05) is 26.3 Å². The van der Waals surface area contributed by atoms with Crippen molar-refractivity contribution in [2.45, 2.75) is 51.4 Å². The highest BCUT2D eigenvalue weighted by Gasteiger charge is 2.28. The van der Waals surface area contributed by atoms with Gasteiger partial charge in [0.15, 0.2) is 0 Å². The molecule has 1 N–H and O–H groups in total. The highest BCUT2D eigenvalue weighted by molar-refractivity contribution is 5.75. The van der Waals surface area contributed by atoms with E-state index in [-0.39, 0.29) is 24.3 Å². The molecular formula is C20H30N2O3. The highest BCUT2D eigenvalue weighted by Crippen LogP contribution is 2.28. The van der Waals surface area contributed by atoms with Gasteiger partial charge in [-0.3, -0.25) is 0 Å². The number of nitrogens with one attached hydrogen (secondary N) is 1. The zero-order chi connectivity index (χ0) is 17.6. The van der Waals surface area contributed by atoms with E-state index in [1.807, 2.05) is 36.9 Å². The first-order chi connectivity index (χ1) is 12.1. The summed E-state index contributed by atoms with van der Waals surface area (Å²) in [5.41, 5.74) is 1.18. The number of amides is 2. The van der Waals surface area contributed by atoms with Crippen LogP contribution in [0.25, 0.3) is 0 Å². The zero-order valence-electron chi connectivity index (χ0n) is 15.3. The van der Waals surface area contributed by atoms with Crippen LogP contribution in [-0.2, 0) is 9.47 Å². The van der Waals surface area contributed by atoms with Gasteiger partial charge in [0.1, 0.15) is 0 Å². The number of hydrogen-bond acceptors (Lipinski definition) is 3. The molecule has 25 heavy (non-hydrogen) atoms. The lowest BCUT2D eigenvalue weighted by Gasteiger charge is -2.36.